The van der Waals surface area contributed by atoms with Crippen LogP contribution in [0.25, 0.3) is 11.0 Å². The van der Waals surface area contributed by atoms with Crippen molar-refractivity contribution in [1.29, 1.82) is 0 Å². The number of hydrogen-bond acceptors (Lipinski definition) is 2. The van der Waals surface area contributed by atoms with Crippen molar-refractivity contribution in [2.45, 2.75) is 6.42 Å². The van der Waals surface area contributed by atoms with E-state index in [4.69, 9.17) is 0 Å². The minimum atomic E-state index is -0.601. The minimum absolute atomic E-state index is 0.135. The zero-order valence-corrected chi connectivity index (χ0v) is 9.82. The predicted molar refractivity (Wildman–Crippen MR) is 66.9 cm³/mol. The Labute approximate surface area is 107 Å². The van der Waals surface area contributed by atoms with Gasteiger partial charge in [0.05, 0.1) is 11.0 Å². The van der Waals surface area contributed by atoms with E-state index in [9.17, 15) is 13.9 Å². The SMILES string of the molecule is Oc1ccc2nc(Cc3ccc(F)cc3F)[nH]c2c1. The van der Waals surface area contributed by atoms with Gasteiger partial charge < -0.3 is 10.1 Å². The number of aromatic nitrogens is 2. The summed E-state index contributed by atoms with van der Waals surface area (Å²) in [5, 5.41) is 9.35. The number of fused-ring (bicyclic) bond motifs is 1. The Morgan fingerprint density at radius 1 is 1.11 bits per heavy atom. The molecular weight excluding hydrogens is 250 g/mol. The first kappa shape index (κ1) is 11.6. The highest BCUT2D eigenvalue weighted by Crippen LogP contribution is 2.19. The van der Waals surface area contributed by atoms with Crippen molar-refractivity contribution in [3.8, 4) is 5.75 Å². The van der Waals surface area contributed by atoms with Crippen LogP contribution in [0.4, 0.5) is 8.78 Å². The second-order valence-electron chi connectivity index (χ2n) is 4.30. The van der Waals surface area contributed by atoms with Gasteiger partial charge in [-0.25, -0.2) is 13.8 Å². The van der Waals surface area contributed by atoms with Gasteiger partial charge in [0.1, 0.15) is 23.2 Å². The van der Waals surface area contributed by atoms with Gasteiger partial charge in [0, 0.05) is 18.6 Å². The molecule has 0 unspecified atom stereocenters. The number of nitrogens with zero attached hydrogens (tertiary/aromatic N) is 1. The number of phenols is 1. The topological polar surface area (TPSA) is 48.9 Å². The molecule has 0 bridgehead atoms. The molecule has 5 heteroatoms. The molecule has 3 rings (SSSR count). The predicted octanol–water partition coefficient (Wildman–Crippen LogP) is 3.14. The van der Waals surface area contributed by atoms with E-state index in [-0.39, 0.29) is 12.2 Å². The van der Waals surface area contributed by atoms with Crippen LogP contribution in [-0.2, 0) is 6.42 Å². The summed E-state index contributed by atoms with van der Waals surface area (Å²) in [5.41, 5.74) is 1.73. The Balaban J connectivity index is 1.96. The van der Waals surface area contributed by atoms with Crippen molar-refractivity contribution in [3.63, 3.8) is 0 Å². The zero-order valence-electron chi connectivity index (χ0n) is 9.82. The highest BCUT2D eigenvalue weighted by molar-refractivity contribution is 5.76. The fraction of sp³-hybridized carbons (Fsp3) is 0.0714. The second-order valence-corrected chi connectivity index (χ2v) is 4.30. The molecule has 0 aliphatic heterocycles. The van der Waals surface area contributed by atoms with Crippen molar-refractivity contribution in [3.05, 3.63) is 59.4 Å². The number of nitrogens with one attached hydrogen (secondary N) is 1. The smallest absolute Gasteiger partial charge is 0.129 e. The summed E-state index contributed by atoms with van der Waals surface area (Å²) in [5.74, 6) is -0.499. The molecule has 0 aliphatic carbocycles. The molecule has 19 heavy (non-hydrogen) atoms. The number of benzene rings is 2. The highest BCUT2D eigenvalue weighted by Gasteiger charge is 2.08. The molecule has 0 spiro atoms. The molecule has 1 heterocycles. The molecule has 0 fully saturated rings. The third kappa shape index (κ3) is 2.27. The molecule has 3 nitrogen and oxygen atoms in total. The van der Waals surface area contributed by atoms with Gasteiger partial charge in [-0.3, -0.25) is 0 Å². The quantitative estimate of drug-likeness (QED) is 0.743. The second kappa shape index (κ2) is 4.35. The molecule has 0 aliphatic rings. The molecule has 96 valence electrons. The van der Waals surface area contributed by atoms with Crippen molar-refractivity contribution in [2.75, 3.05) is 0 Å². The molecule has 3 aromatic rings. The van der Waals surface area contributed by atoms with Gasteiger partial charge in [0.25, 0.3) is 0 Å². The number of rotatable bonds is 2. The van der Waals surface area contributed by atoms with Gasteiger partial charge in [0.15, 0.2) is 0 Å². The van der Waals surface area contributed by atoms with E-state index >= 15 is 0 Å². The van der Waals surface area contributed by atoms with E-state index in [1.807, 2.05) is 0 Å². The van der Waals surface area contributed by atoms with Crippen LogP contribution in [0.3, 0.4) is 0 Å². The molecule has 2 aromatic carbocycles. The van der Waals surface area contributed by atoms with Gasteiger partial charge in [-0.05, 0) is 23.8 Å². The summed E-state index contributed by atoms with van der Waals surface area (Å²) in [4.78, 5) is 7.28. The highest BCUT2D eigenvalue weighted by atomic mass is 19.1. The third-order valence-electron chi connectivity index (χ3n) is 2.89. The first-order valence-electron chi connectivity index (χ1n) is 5.73. The van der Waals surface area contributed by atoms with Crippen LogP contribution in [0.2, 0.25) is 0 Å². The Morgan fingerprint density at radius 2 is 1.95 bits per heavy atom. The molecule has 0 amide bonds. The normalized spacial score (nSPS) is 11.1. The van der Waals surface area contributed by atoms with E-state index in [2.05, 4.69) is 9.97 Å². The maximum Gasteiger partial charge on any atom is 0.129 e. The molecule has 2 N–H and O–H groups in total. The van der Waals surface area contributed by atoms with Gasteiger partial charge >= 0.3 is 0 Å². The lowest BCUT2D eigenvalue weighted by Gasteiger charge is -2.00. The fourth-order valence-corrected chi connectivity index (χ4v) is 1.98. The Hall–Kier alpha value is -2.43. The Morgan fingerprint density at radius 3 is 2.74 bits per heavy atom. The number of aromatic amines is 1. The van der Waals surface area contributed by atoms with Crippen LogP contribution < -0.4 is 0 Å². The molecule has 0 saturated carbocycles. The number of imidazole rings is 1. The standard InChI is InChI=1S/C14H10F2N2O/c15-9-2-1-8(11(16)6-9)5-14-17-12-4-3-10(19)7-13(12)18-14/h1-4,6-7,19H,5H2,(H,17,18). The fourth-order valence-electron chi connectivity index (χ4n) is 1.98. The lowest BCUT2D eigenvalue weighted by Crippen LogP contribution is -1.95. The lowest BCUT2D eigenvalue weighted by molar-refractivity contribution is 0.476. The largest absolute Gasteiger partial charge is 0.508 e. The third-order valence-corrected chi connectivity index (χ3v) is 2.89. The van der Waals surface area contributed by atoms with E-state index in [0.717, 1.165) is 6.07 Å². The van der Waals surface area contributed by atoms with Crippen molar-refractivity contribution in [1.82, 2.24) is 9.97 Å². The minimum Gasteiger partial charge on any atom is -0.508 e. The molecular formula is C14H10F2N2O. The maximum absolute atomic E-state index is 13.5. The lowest BCUT2D eigenvalue weighted by atomic mass is 10.1. The summed E-state index contributed by atoms with van der Waals surface area (Å²) in [6.07, 6.45) is 0.238. The summed E-state index contributed by atoms with van der Waals surface area (Å²) >= 11 is 0. The van der Waals surface area contributed by atoms with E-state index in [1.165, 1.54) is 18.2 Å². The van der Waals surface area contributed by atoms with Crippen LogP contribution in [0.15, 0.2) is 36.4 Å². The van der Waals surface area contributed by atoms with E-state index < -0.39 is 11.6 Å². The van der Waals surface area contributed by atoms with E-state index in [1.54, 1.807) is 12.1 Å². The summed E-state index contributed by atoms with van der Waals surface area (Å²) in [7, 11) is 0. The van der Waals surface area contributed by atoms with Gasteiger partial charge in [-0.1, -0.05) is 6.07 Å². The summed E-state index contributed by atoms with van der Waals surface area (Å²) < 4.78 is 26.3. The molecule has 0 radical (unpaired) electrons. The molecule has 0 saturated heterocycles. The molecule has 0 atom stereocenters. The monoisotopic (exact) mass is 260 g/mol. The van der Waals surface area contributed by atoms with Crippen LogP contribution in [-0.4, -0.2) is 15.1 Å². The van der Waals surface area contributed by atoms with Gasteiger partial charge in [0.2, 0.25) is 0 Å². The van der Waals surface area contributed by atoms with Crippen LogP contribution in [0.1, 0.15) is 11.4 Å². The van der Waals surface area contributed by atoms with Crippen LogP contribution in [0, 0.1) is 11.6 Å². The summed E-state index contributed by atoms with van der Waals surface area (Å²) in [6, 6.07) is 8.22. The average Bonchev–Trinajstić information content (AvgIpc) is 2.74. The first-order chi connectivity index (χ1) is 9.11. The first-order valence-corrected chi connectivity index (χ1v) is 5.73. The zero-order chi connectivity index (χ0) is 13.4. The Kier molecular flexibility index (Phi) is 2.67. The Bertz CT molecular complexity index is 752. The van der Waals surface area contributed by atoms with Crippen molar-refractivity contribution < 1.29 is 13.9 Å². The number of hydrogen-bond donors (Lipinski definition) is 2. The molecule has 1 aromatic heterocycles. The van der Waals surface area contributed by atoms with E-state index in [0.29, 0.717) is 22.4 Å². The van der Waals surface area contributed by atoms with Crippen molar-refractivity contribution >= 4 is 11.0 Å². The number of phenolic OH excluding ortho intramolecular Hbond substituents is 1. The number of aromatic hydroxyl groups is 1. The van der Waals surface area contributed by atoms with Crippen molar-refractivity contribution in [2.24, 2.45) is 0 Å². The maximum atomic E-state index is 13.5. The van der Waals surface area contributed by atoms with Crippen LogP contribution >= 0.6 is 0 Å². The van der Waals surface area contributed by atoms with Gasteiger partial charge in [-0.2, -0.15) is 0 Å². The number of H-pyrrole nitrogens is 1. The summed E-state index contributed by atoms with van der Waals surface area (Å²) in [6.45, 7) is 0. The van der Waals surface area contributed by atoms with Crippen LogP contribution in [0.5, 0.6) is 5.75 Å². The number of halogens is 2. The van der Waals surface area contributed by atoms with Gasteiger partial charge in [-0.15, -0.1) is 0 Å². The average molecular weight is 260 g/mol.